The number of nitrogens with two attached hydrogens (primary N) is 1. The van der Waals surface area contributed by atoms with E-state index in [9.17, 15) is 4.39 Å². The predicted octanol–water partition coefficient (Wildman–Crippen LogP) is 2.13. The van der Waals surface area contributed by atoms with Crippen molar-refractivity contribution in [1.29, 1.82) is 5.41 Å². The lowest BCUT2D eigenvalue weighted by molar-refractivity contribution is 0.305. The van der Waals surface area contributed by atoms with Crippen molar-refractivity contribution in [2.24, 2.45) is 5.73 Å². The van der Waals surface area contributed by atoms with Crippen LogP contribution in [-0.2, 0) is 6.42 Å². The zero-order chi connectivity index (χ0) is 13.7. The van der Waals surface area contributed by atoms with Gasteiger partial charge in [0.15, 0.2) is 11.6 Å². The molecule has 3 N–H and O–H groups in total. The van der Waals surface area contributed by atoms with Gasteiger partial charge in [-0.25, -0.2) is 4.39 Å². The van der Waals surface area contributed by atoms with Gasteiger partial charge in [-0.3, -0.25) is 10.4 Å². The Labute approximate surface area is 110 Å². The molecule has 98 valence electrons. The molecule has 2 rings (SSSR count). The van der Waals surface area contributed by atoms with Crippen LogP contribution in [0.1, 0.15) is 11.1 Å². The van der Waals surface area contributed by atoms with Crippen molar-refractivity contribution in [3.63, 3.8) is 0 Å². The lowest BCUT2D eigenvalue weighted by Gasteiger charge is -2.08. The maximum absolute atomic E-state index is 13.6. The molecule has 1 heterocycles. The van der Waals surface area contributed by atoms with Crippen molar-refractivity contribution in [2.75, 3.05) is 6.61 Å². The number of ether oxygens (including phenoxy) is 1. The molecule has 4 nitrogen and oxygen atoms in total. The molecule has 19 heavy (non-hydrogen) atoms. The predicted molar refractivity (Wildman–Crippen MR) is 70.9 cm³/mol. The zero-order valence-electron chi connectivity index (χ0n) is 10.3. The molecule has 1 aromatic heterocycles. The normalized spacial score (nSPS) is 10.2. The van der Waals surface area contributed by atoms with E-state index in [1.165, 1.54) is 12.1 Å². The van der Waals surface area contributed by atoms with Gasteiger partial charge in [0, 0.05) is 24.4 Å². The standard InChI is InChI=1S/C14H14FN3O/c15-12-9-11(14(16)17)1-2-13(12)19-8-5-10-3-6-18-7-4-10/h1-4,6-7,9H,5,8H2,(H3,16,17). The Morgan fingerprint density at radius 1 is 1.26 bits per heavy atom. The van der Waals surface area contributed by atoms with Crippen LogP contribution in [0.15, 0.2) is 42.7 Å². The van der Waals surface area contributed by atoms with Crippen LogP contribution in [0.25, 0.3) is 0 Å². The molecule has 0 aliphatic heterocycles. The van der Waals surface area contributed by atoms with E-state index in [0.717, 1.165) is 5.56 Å². The van der Waals surface area contributed by atoms with Crippen LogP contribution in [0, 0.1) is 11.2 Å². The smallest absolute Gasteiger partial charge is 0.165 e. The lowest BCUT2D eigenvalue weighted by atomic mass is 10.2. The van der Waals surface area contributed by atoms with Crippen molar-refractivity contribution in [3.05, 3.63) is 59.7 Å². The highest BCUT2D eigenvalue weighted by Gasteiger charge is 2.06. The Balaban J connectivity index is 1.95. The fourth-order valence-corrected chi connectivity index (χ4v) is 1.61. The molecule has 5 heteroatoms. The number of halogens is 1. The maximum atomic E-state index is 13.6. The fraction of sp³-hybridized carbons (Fsp3) is 0.143. The summed E-state index contributed by atoms with van der Waals surface area (Å²) in [5.41, 5.74) is 6.70. The molecule has 0 amide bonds. The number of amidine groups is 1. The van der Waals surface area contributed by atoms with Gasteiger partial charge in [0.05, 0.1) is 6.61 Å². The zero-order valence-corrected chi connectivity index (χ0v) is 10.3. The van der Waals surface area contributed by atoms with E-state index < -0.39 is 5.82 Å². The quantitative estimate of drug-likeness (QED) is 0.638. The average Bonchev–Trinajstić information content (AvgIpc) is 2.41. The number of aromatic nitrogens is 1. The van der Waals surface area contributed by atoms with E-state index in [-0.39, 0.29) is 11.6 Å². The Morgan fingerprint density at radius 2 is 2.00 bits per heavy atom. The molecule has 1 aromatic carbocycles. The number of rotatable bonds is 5. The molecule has 2 aromatic rings. The molecule has 0 radical (unpaired) electrons. The molecule has 0 saturated heterocycles. The second kappa shape index (κ2) is 5.95. The summed E-state index contributed by atoms with van der Waals surface area (Å²) in [5.74, 6) is -0.510. The number of hydrogen-bond donors (Lipinski definition) is 2. The summed E-state index contributed by atoms with van der Waals surface area (Å²) in [6.07, 6.45) is 4.09. The number of nitrogen functional groups attached to an aromatic ring is 1. The Kier molecular flexibility index (Phi) is 4.07. The topological polar surface area (TPSA) is 72.0 Å². The first-order valence-electron chi connectivity index (χ1n) is 5.82. The van der Waals surface area contributed by atoms with Crippen LogP contribution in [-0.4, -0.2) is 17.4 Å². The first-order valence-corrected chi connectivity index (χ1v) is 5.82. The summed E-state index contributed by atoms with van der Waals surface area (Å²) in [6, 6.07) is 8.02. The molecule has 0 aliphatic rings. The average molecular weight is 259 g/mol. The van der Waals surface area contributed by atoms with E-state index in [0.29, 0.717) is 18.6 Å². The van der Waals surface area contributed by atoms with Gasteiger partial charge in [-0.1, -0.05) is 0 Å². The van der Waals surface area contributed by atoms with Crippen LogP contribution < -0.4 is 10.5 Å². The third-order valence-electron chi connectivity index (χ3n) is 2.64. The van der Waals surface area contributed by atoms with Crippen LogP contribution in [0.2, 0.25) is 0 Å². The highest BCUT2D eigenvalue weighted by Crippen LogP contribution is 2.18. The Bertz CT molecular complexity index is 572. The minimum absolute atomic E-state index is 0.165. The summed E-state index contributed by atoms with van der Waals surface area (Å²) in [5, 5.41) is 7.22. The van der Waals surface area contributed by atoms with Gasteiger partial charge in [-0.15, -0.1) is 0 Å². The van der Waals surface area contributed by atoms with Crippen LogP contribution in [0.4, 0.5) is 4.39 Å². The molecule has 0 saturated carbocycles. The highest BCUT2D eigenvalue weighted by atomic mass is 19.1. The molecule has 0 bridgehead atoms. The lowest BCUT2D eigenvalue weighted by Crippen LogP contribution is -2.11. The minimum Gasteiger partial charge on any atom is -0.490 e. The SMILES string of the molecule is N=C(N)c1ccc(OCCc2ccncc2)c(F)c1. The van der Waals surface area contributed by atoms with Crippen molar-refractivity contribution >= 4 is 5.84 Å². The van der Waals surface area contributed by atoms with Crippen LogP contribution in [0.5, 0.6) is 5.75 Å². The monoisotopic (exact) mass is 259 g/mol. The number of pyridine rings is 1. The molecule has 0 fully saturated rings. The van der Waals surface area contributed by atoms with E-state index in [2.05, 4.69) is 4.98 Å². The third-order valence-corrected chi connectivity index (χ3v) is 2.64. The summed E-state index contributed by atoms with van der Waals surface area (Å²) in [6.45, 7) is 0.375. The van der Waals surface area contributed by atoms with Gasteiger partial charge in [0.2, 0.25) is 0 Å². The van der Waals surface area contributed by atoms with Gasteiger partial charge < -0.3 is 10.5 Å². The summed E-state index contributed by atoms with van der Waals surface area (Å²) < 4.78 is 19.0. The molecular formula is C14H14FN3O. The van der Waals surface area contributed by atoms with Gasteiger partial charge in [-0.05, 0) is 35.9 Å². The summed E-state index contributed by atoms with van der Waals surface area (Å²) in [7, 11) is 0. The van der Waals surface area contributed by atoms with E-state index in [4.69, 9.17) is 15.9 Å². The second-order valence-corrected chi connectivity index (χ2v) is 4.01. The number of nitrogens with one attached hydrogen (secondary N) is 1. The van der Waals surface area contributed by atoms with Crippen LogP contribution >= 0.6 is 0 Å². The van der Waals surface area contributed by atoms with Crippen LogP contribution in [0.3, 0.4) is 0 Å². The van der Waals surface area contributed by atoms with E-state index in [1.807, 2.05) is 12.1 Å². The van der Waals surface area contributed by atoms with Crippen molar-refractivity contribution < 1.29 is 9.13 Å². The van der Waals surface area contributed by atoms with E-state index in [1.54, 1.807) is 18.5 Å². The Hall–Kier alpha value is -2.43. The first kappa shape index (κ1) is 13.0. The number of nitrogens with zero attached hydrogens (tertiary/aromatic N) is 1. The number of benzene rings is 1. The first-order chi connectivity index (χ1) is 9.16. The second-order valence-electron chi connectivity index (χ2n) is 4.01. The largest absolute Gasteiger partial charge is 0.490 e. The summed E-state index contributed by atoms with van der Waals surface area (Å²) in [4.78, 5) is 3.92. The maximum Gasteiger partial charge on any atom is 0.165 e. The molecular weight excluding hydrogens is 245 g/mol. The molecule has 0 spiro atoms. The van der Waals surface area contributed by atoms with Gasteiger partial charge >= 0.3 is 0 Å². The highest BCUT2D eigenvalue weighted by molar-refractivity contribution is 5.95. The van der Waals surface area contributed by atoms with Crippen molar-refractivity contribution in [2.45, 2.75) is 6.42 Å². The van der Waals surface area contributed by atoms with Gasteiger partial charge in [0.1, 0.15) is 5.84 Å². The number of hydrogen-bond acceptors (Lipinski definition) is 3. The minimum atomic E-state index is -0.512. The summed E-state index contributed by atoms with van der Waals surface area (Å²) >= 11 is 0. The third kappa shape index (κ3) is 3.51. The van der Waals surface area contributed by atoms with Gasteiger partial charge in [-0.2, -0.15) is 0 Å². The van der Waals surface area contributed by atoms with Gasteiger partial charge in [0.25, 0.3) is 0 Å². The Morgan fingerprint density at radius 3 is 2.63 bits per heavy atom. The molecule has 0 unspecified atom stereocenters. The van der Waals surface area contributed by atoms with Crippen molar-refractivity contribution in [3.8, 4) is 5.75 Å². The molecule has 0 aliphatic carbocycles. The fourth-order valence-electron chi connectivity index (χ4n) is 1.61. The van der Waals surface area contributed by atoms with Crippen molar-refractivity contribution in [1.82, 2.24) is 4.98 Å². The van der Waals surface area contributed by atoms with E-state index >= 15 is 0 Å². The molecule has 0 atom stereocenters.